The molecule has 1 N–H and O–H groups in total. The minimum atomic E-state index is -0.631. The van der Waals surface area contributed by atoms with Crippen molar-refractivity contribution in [3.8, 4) is 0 Å². The first-order valence-corrected chi connectivity index (χ1v) is 4.86. The number of esters is 1. The first kappa shape index (κ1) is 10.2. The number of ether oxygens (including phenoxy) is 1. The summed E-state index contributed by atoms with van der Waals surface area (Å²) in [7, 11) is 0. The number of hydrogen-bond acceptors (Lipinski definition) is 3. The molecule has 0 saturated heterocycles. The van der Waals surface area contributed by atoms with Crippen LogP contribution < -0.4 is 0 Å². The summed E-state index contributed by atoms with van der Waals surface area (Å²) in [5.74, 6) is -0.222. The lowest BCUT2D eigenvalue weighted by Crippen LogP contribution is -2.39. The highest BCUT2D eigenvalue weighted by atomic mass is 16.5. The molecule has 0 spiro atoms. The van der Waals surface area contributed by atoms with Gasteiger partial charge in [0.05, 0.1) is 6.61 Å². The predicted octanol–water partition coefficient (Wildman–Crippen LogP) is 2.15. The van der Waals surface area contributed by atoms with Crippen molar-refractivity contribution in [1.29, 1.82) is 5.41 Å². The molecule has 0 bridgehead atoms. The fraction of sp³-hybridized carbons (Fsp3) is 0.800. The average molecular weight is 183 g/mol. The third kappa shape index (κ3) is 1.90. The second-order valence-electron chi connectivity index (χ2n) is 3.74. The van der Waals surface area contributed by atoms with E-state index in [1.54, 1.807) is 6.92 Å². The SMILES string of the molecule is CCOC(=O)C1(C)CCCCC1=N. The van der Waals surface area contributed by atoms with E-state index < -0.39 is 5.41 Å². The zero-order valence-corrected chi connectivity index (χ0v) is 8.35. The smallest absolute Gasteiger partial charge is 0.317 e. The minimum absolute atomic E-state index is 0.222. The lowest BCUT2D eigenvalue weighted by molar-refractivity contribution is -0.151. The van der Waals surface area contributed by atoms with Gasteiger partial charge in [0.15, 0.2) is 0 Å². The van der Waals surface area contributed by atoms with Crippen molar-refractivity contribution in [2.45, 2.75) is 39.5 Å². The third-order valence-electron chi connectivity index (χ3n) is 2.75. The monoisotopic (exact) mass is 183 g/mol. The normalized spacial score (nSPS) is 28.6. The molecule has 1 unspecified atom stereocenters. The summed E-state index contributed by atoms with van der Waals surface area (Å²) in [5.41, 5.74) is -0.0916. The Morgan fingerprint density at radius 3 is 2.85 bits per heavy atom. The molecule has 1 aliphatic carbocycles. The summed E-state index contributed by atoms with van der Waals surface area (Å²) < 4.78 is 4.97. The summed E-state index contributed by atoms with van der Waals surface area (Å²) in [5, 5.41) is 7.75. The van der Waals surface area contributed by atoms with Crippen LogP contribution in [-0.4, -0.2) is 18.3 Å². The van der Waals surface area contributed by atoms with E-state index in [-0.39, 0.29) is 5.97 Å². The quantitative estimate of drug-likeness (QED) is 0.667. The van der Waals surface area contributed by atoms with Gasteiger partial charge in [0.25, 0.3) is 0 Å². The predicted molar refractivity (Wildman–Crippen MR) is 50.9 cm³/mol. The molecular formula is C10H17NO2. The van der Waals surface area contributed by atoms with E-state index in [0.29, 0.717) is 12.3 Å². The molecule has 3 nitrogen and oxygen atoms in total. The lowest BCUT2D eigenvalue weighted by atomic mass is 9.74. The topological polar surface area (TPSA) is 50.2 Å². The summed E-state index contributed by atoms with van der Waals surface area (Å²) in [6.45, 7) is 4.03. The molecule has 0 aromatic heterocycles. The van der Waals surface area contributed by atoms with Gasteiger partial charge in [0.2, 0.25) is 0 Å². The number of hydrogen-bond donors (Lipinski definition) is 1. The van der Waals surface area contributed by atoms with Crippen LogP contribution in [0.15, 0.2) is 0 Å². The Morgan fingerprint density at radius 2 is 2.31 bits per heavy atom. The van der Waals surface area contributed by atoms with E-state index in [0.717, 1.165) is 25.7 Å². The third-order valence-corrected chi connectivity index (χ3v) is 2.75. The van der Waals surface area contributed by atoms with Crippen molar-refractivity contribution >= 4 is 11.7 Å². The van der Waals surface area contributed by atoms with Crippen molar-refractivity contribution < 1.29 is 9.53 Å². The van der Waals surface area contributed by atoms with Crippen LogP contribution in [0.3, 0.4) is 0 Å². The van der Waals surface area contributed by atoms with Gasteiger partial charge in [-0.05, 0) is 33.1 Å². The number of carbonyl (C=O) groups excluding carboxylic acids is 1. The van der Waals surface area contributed by atoms with E-state index in [1.807, 2.05) is 6.92 Å². The van der Waals surface area contributed by atoms with Crippen LogP contribution in [0.2, 0.25) is 0 Å². The van der Waals surface area contributed by atoms with Crippen LogP contribution in [0.4, 0.5) is 0 Å². The second kappa shape index (κ2) is 3.90. The Labute approximate surface area is 79.0 Å². The second-order valence-corrected chi connectivity index (χ2v) is 3.74. The zero-order chi connectivity index (χ0) is 9.90. The molecule has 74 valence electrons. The molecule has 1 rings (SSSR count). The highest BCUT2D eigenvalue weighted by molar-refractivity contribution is 6.05. The average Bonchev–Trinajstić information content (AvgIpc) is 2.11. The molecule has 0 heterocycles. The van der Waals surface area contributed by atoms with Crippen LogP contribution in [0.25, 0.3) is 0 Å². The van der Waals surface area contributed by atoms with Crippen molar-refractivity contribution in [3.63, 3.8) is 0 Å². The molecule has 1 saturated carbocycles. The minimum Gasteiger partial charge on any atom is -0.465 e. The highest BCUT2D eigenvalue weighted by Crippen LogP contribution is 2.34. The first-order chi connectivity index (χ1) is 6.11. The maximum Gasteiger partial charge on any atom is 0.317 e. The number of rotatable bonds is 2. The van der Waals surface area contributed by atoms with Crippen LogP contribution >= 0.6 is 0 Å². The summed E-state index contributed by atoms with van der Waals surface area (Å²) in [6, 6.07) is 0. The van der Waals surface area contributed by atoms with Crippen LogP contribution in [-0.2, 0) is 9.53 Å². The Hall–Kier alpha value is -0.860. The van der Waals surface area contributed by atoms with Crippen molar-refractivity contribution in [1.82, 2.24) is 0 Å². The highest BCUT2D eigenvalue weighted by Gasteiger charge is 2.40. The van der Waals surface area contributed by atoms with Crippen LogP contribution in [0, 0.1) is 10.8 Å². The van der Waals surface area contributed by atoms with E-state index in [2.05, 4.69) is 0 Å². The Balaban J connectivity index is 2.71. The van der Waals surface area contributed by atoms with Crippen molar-refractivity contribution in [3.05, 3.63) is 0 Å². The summed E-state index contributed by atoms with van der Waals surface area (Å²) in [6.07, 6.45) is 3.57. The Bertz CT molecular complexity index is 225. The molecule has 1 atom stereocenters. The molecule has 0 radical (unpaired) electrons. The van der Waals surface area contributed by atoms with E-state index in [9.17, 15) is 4.79 Å². The van der Waals surface area contributed by atoms with Gasteiger partial charge in [-0.25, -0.2) is 0 Å². The van der Waals surface area contributed by atoms with E-state index in [1.165, 1.54) is 0 Å². The molecule has 0 amide bonds. The Kier molecular flexibility index (Phi) is 3.07. The summed E-state index contributed by atoms with van der Waals surface area (Å²) in [4.78, 5) is 11.6. The van der Waals surface area contributed by atoms with Gasteiger partial charge < -0.3 is 10.1 Å². The first-order valence-electron chi connectivity index (χ1n) is 4.86. The molecular weight excluding hydrogens is 166 g/mol. The maximum atomic E-state index is 11.6. The fourth-order valence-corrected chi connectivity index (χ4v) is 1.72. The van der Waals surface area contributed by atoms with Crippen molar-refractivity contribution in [2.24, 2.45) is 5.41 Å². The van der Waals surface area contributed by atoms with Gasteiger partial charge in [-0.15, -0.1) is 0 Å². The van der Waals surface area contributed by atoms with Gasteiger partial charge in [-0.2, -0.15) is 0 Å². The maximum absolute atomic E-state index is 11.6. The largest absolute Gasteiger partial charge is 0.465 e. The molecule has 1 fully saturated rings. The van der Waals surface area contributed by atoms with Gasteiger partial charge in [0.1, 0.15) is 5.41 Å². The molecule has 3 heteroatoms. The van der Waals surface area contributed by atoms with Crippen molar-refractivity contribution in [2.75, 3.05) is 6.61 Å². The van der Waals surface area contributed by atoms with Gasteiger partial charge in [0, 0.05) is 5.71 Å². The standard InChI is InChI=1S/C10H17NO2/c1-3-13-9(12)10(2)7-5-4-6-8(10)11/h11H,3-7H2,1-2H3. The molecule has 1 aliphatic rings. The molecule has 0 aliphatic heterocycles. The molecule has 0 aromatic rings. The number of nitrogens with one attached hydrogen (secondary N) is 1. The van der Waals surface area contributed by atoms with Crippen LogP contribution in [0.1, 0.15) is 39.5 Å². The summed E-state index contributed by atoms with van der Waals surface area (Å²) >= 11 is 0. The Morgan fingerprint density at radius 1 is 1.62 bits per heavy atom. The van der Waals surface area contributed by atoms with E-state index in [4.69, 9.17) is 10.1 Å². The number of carbonyl (C=O) groups is 1. The van der Waals surface area contributed by atoms with Gasteiger partial charge in [-0.1, -0.05) is 6.42 Å². The fourth-order valence-electron chi connectivity index (χ4n) is 1.72. The lowest BCUT2D eigenvalue weighted by Gasteiger charge is -2.31. The molecule has 13 heavy (non-hydrogen) atoms. The van der Waals surface area contributed by atoms with E-state index >= 15 is 0 Å². The van der Waals surface area contributed by atoms with Gasteiger partial charge in [-0.3, -0.25) is 4.79 Å². The molecule has 0 aromatic carbocycles. The van der Waals surface area contributed by atoms with Gasteiger partial charge >= 0.3 is 5.97 Å². The van der Waals surface area contributed by atoms with Crippen LogP contribution in [0.5, 0.6) is 0 Å². The zero-order valence-electron chi connectivity index (χ0n) is 8.35.